The maximum atomic E-state index is 14.7. The fourth-order valence-electron chi connectivity index (χ4n) is 4.50. The number of aliphatic hydroxyl groups is 1. The van der Waals surface area contributed by atoms with E-state index in [0.717, 1.165) is 37.8 Å². The number of nitrogens with one attached hydrogen (secondary N) is 1. The summed E-state index contributed by atoms with van der Waals surface area (Å²) < 4.78 is 47.1. The Bertz CT molecular complexity index is 978. The van der Waals surface area contributed by atoms with Gasteiger partial charge in [-0.25, -0.2) is 13.2 Å². The van der Waals surface area contributed by atoms with Gasteiger partial charge in [-0.05, 0) is 79.1 Å². The smallest absolute Gasteiger partial charge is 0.159 e. The Morgan fingerprint density at radius 2 is 1.69 bits per heavy atom. The van der Waals surface area contributed by atoms with E-state index < -0.39 is 23.0 Å². The second kappa shape index (κ2) is 7.50. The largest absolute Gasteiger partial charge is 0.510 e. The van der Waals surface area contributed by atoms with Crippen molar-refractivity contribution in [2.24, 2.45) is 0 Å². The Morgan fingerprint density at radius 1 is 1.00 bits per heavy atom. The van der Waals surface area contributed by atoms with Crippen molar-refractivity contribution >= 4 is 5.57 Å². The summed E-state index contributed by atoms with van der Waals surface area (Å²) >= 11 is 0. The van der Waals surface area contributed by atoms with Crippen LogP contribution in [0, 0.1) is 24.4 Å². The minimum Gasteiger partial charge on any atom is -0.510 e. The van der Waals surface area contributed by atoms with E-state index in [1.807, 2.05) is 0 Å². The fourth-order valence-corrected chi connectivity index (χ4v) is 4.50. The van der Waals surface area contributed by atoms with Crippen molar-refractivity contribution in [1.82, 2.24) is 5.32 Å². The van der Waals surface area contributed by atoms with Crippen LogP contribution in [0.15, 0.2) is 36.1 Å². The van der Waals surface area contributed by atoms with E-state index in [4.69, 9.17) is 4.74 Å². The van der Waals surface area contributed by atoms with Crippen molar-refractivity contribution in [1.29, 1.82) is 0 Å². The average Bonchev–Trinajstić information content (AvgIpc) is 3.02. The van der Waals surface area contributed by atoms with Crippen LogP contribution >= 0.6 is 0 Å². The van der Waals surface area contributed by atoms with E-state index in [0.29, 0.717) is 34.4 Å². The van der Waals surface area contributed by atoms with E-state index in [9.17, 15) is 18.3 Å². The van der Waals surface area contributed by atoms with Gasteiger partial charge >= 0.3 is 0 Å². The summed E-state index contributed by atoms with van der Waals surface area (Å²) in [5, 5.41) is 14.5. The fraction of sp³-hybridized carbons (Fsp3) is 0.391. The summed E-state index contributed by atoms with van der Waals surface area (Å²) in [4.78, 5) is 0. The lowest BCUT2D eigenvalue weighted by Gasteiger charge is -2.37. The minimum atomic E-state index is -0.983. The van der Waals surface area contributed by atoms with Crippen LogP contribution in [0.25, 0.3) is 16.7 Å². The van der Waals surface area contributed by atoms with Gasteiger partial charge in [0.05, 0.1) is 11.6 Å². The molecule has 1 saturated carbocycles. The second-order valence-electron chi connectivity index (χ2n) is 7.96. The third kappa shape index (κ3) is 3.45. The van der Waals surface area contributed by atoms with Crippen molar-refractivity contribution in [2.75, 3.05) is 13.7 Å². The number of aliphatic hydroxyl groups excluding tert-OH is 1. The Balaban J connectivity index is 1.75. The molecule has 0 bridgehead atoms. The highest BCUT2D eigenvalue weighted by Gasteiger charge is 2.44. The molecule has 1 fully saturated rings. The third-order valence-electron chi connectivity index (χ3n) is 6.38. The molecule has 2 N–H and O–H groups in total. The number of methoxy groups -OCH3 is 1. The molecular weight excluding hydrogens is 379 g/mol. The second-order valence-corrected chi connectivity index (χ2v) is 7.96. The first-order valence-electron chi connectivity index (χ1n) is 9.81. The molecule has 4 rings (SSSR count). The lowest BCUT2D eigenvalue weighted by Crippen LogP contribution is -2.46. The molecule has 0 aromatic heterocycles. The number of halogens is 3. The number of hydrogen-bond donors (Lipinski definition) is 2. The van der Waals surface area contributed by atoms with E-state index in [-0.39, 0.29) is 11.9 Å². The summed E-state index contributed by atoms with van der Waals surface area (Å²) in [6.45, 7) is 2.08. The molecule has 0 saturated heterocycles. The minimum absolute atomic E-state index is 0.190. The molecule has 0 radical (unpaired) electrons. The van der Waals surface area contributed by atoms with Crippen molar-refractivity contribution < 1.29 is 23.0 Å². The Labute approximate surface area is 168 Å². The third-order valence-corrected chi connectivity index (χ3v) is 6.38. The van der Waals surface area contributed by atoms with Gasteiger partial charge in [-0.15, -0.1) is 0 Å². The van der Waals surface area contributed by atoms with Crippen LogP contribution < -0.4 is 5.32 Å². The van der Waals surface area contributed by atoms with Gasteiger partial charge in [0.1, 0.15) is 11.6 Å². The molecule has 0 atom stereocenters. The Kier molecular flexibility index (Phi) is 5.17. The molecule has 1 heterocycles. The maximum Gasteiger partial charge on any atom is 0.159 e. The average molecular weight is 403 g/mol. The predicted molar refractivity (Wildman–Crippen MR) is 106 cm³/mol. The van der Waals surface area contributed by atoms with Crippen LogP contribution in [0.5, 0.6) is 0 Å². The lowest BCUT2D eigenvalue weighted by atomic mass is 9.79. The predicted octanol–water partition coefficient (Wildman–Crippen LogP) is 5.28. The van der Waals surface area contributed by atoms with Crippen molar-refractivity contribution in [3.63, 3.8) is 0 Å². The van der Waals surface area contributed by atoms with Crippen molar-refractivity contribution in [3.8, 4) is 11.1 Å². The quantitative estimate of drug-likeness (QED) is 0.733. The highest BCUT2D eigenvalue weighted by molar-refractivity contribution is 5.79. The van der Waals surface area contributed by atoms with Gasteiger partial charge in [0.2, 0.25) is 0 Å². The molecule has 29 heavy (non-hydrogen) atoms. The van der Waals surface area contributed by atoms with Gasteiger partial charge < -0.3 is 15.2 Å². The Hall–Kier alpha value is -2.31. The number of rotatable bonds is 3. The van der Waals surface area contributed by atoms with Crippen molar-refractivity contribution in [2.45, 2.75) is 44.2 Å². The van der Waals surface area contributed by atoms with Crippen LogP contribution in [0.1, 0.15) is 36.8 Å². The van der Waals surface area contributed by atoms with Gasteiger partial charge in [-0.3, -0.25) is 0 Å². The first-order valence-corrected chi connectivity index (χ1v) is 9.81. The number of benzene rings is 2. The molecule has 1 aliphatic heterocycles. The van der Waals surface area contributed by atoms with Crippen LogP contribution in [0.2, 0.25) is 0 Å². The zero-order valence-corrected chi connectivity index (χ0v) is 16.5. The summed E-state index contributed by atoms with van der Waals surface area (Å²) in [7, 11) is 1.70. The zero-order valence-electron chi connectivity index (χ0n) is 16.5. The summed E-state index contributed by atoms with van der Waals surface area (Å²) in [5.74, 6) is -2.14. The normalized spacial score (nSPS) is 24.5. The van der Waals surface area contributed by atoms with Gasteiger partial charge in [-0.1, -0.05) is 6.07 Å². The summed E-state index contributed by atoms with van der Waals surface area (Å²) in [6, 6.07) is 6.54. The van der Waals surface area contributed by atoms with Gasteiger partial charge in [0, 0.05) is 19.2 Å². The topological polar surface area (TPSA) is 41.5 Å². The van der Waals surface area contributed by atoms with E-state index in [2.05, 4.69) is 5.32 Å². The first-order chi connectivity index (χ1) is 13.8. The number of hydrogen-bond acceptors (Lipinski definition) is 3. The molecule has 2 aromatic rings. The molecule has 1 aliphatic carbocycles. The molecule has 6 heteroatoms. The van der Waals surface area contributed by atoms with E-state index in [1.165, 1.54) is 12.1 Å². The molecule has 2 aromatic carbocycles. The SMILES string of the molecule is COC1CCC2(CC1)NCC(c1cc(-c3ccc(F)c(F)c3)cc(F)c1C)=C2O. The maximum absolute atomic E-state index is 14.7. The van der Waals surface area contributed by atoms with Gasteiger partial charge in [-0.2, -0.15) is 0 Å². The van der Waals surface area contributed by atoms with Crippen LogP contribution in [-0.4, -0.2) is 30.4 Å². The van der Waals surface area contributed by atoms with Crippen LogP contribution in [-0.2, 0) is 4.74 Å². The summed E-state index contributed by atoms with van der Waals surface area (Å²) in [6.07, 6.45) is 3.35. The van der Waals surface area contributed by atoms with Crippen LogP contribution in [0.4, 0.5) is 13.2 Å². The highest BCUT2D eigenvalue weighted by atomic mass is 19.2. The zero-order chi connectivity index (χ0) is 20.8. The molecule has 1 spiro atoms. The van der Waals surface area contributed by atoms with Gasteiger partial charge in [0.25, 0.3) is 0 Å². The first kappa shape index (κ1) is 20.0. The Morgan fingerprint density at radius 3 is 2.34 bits per heavy atom. The monoisotopic (exact) mass is 403 g/mol. The van der Waals surface area contributed by atoms with Crippen LogP contribution in [0.3, 0.4) is 0 Å². The molecule has 154 valence electrons. The molecular formula is C23H24F3NO2. The highest BCUT2D eigenvalue weighted by Crippen LogP contribution is 2.42. The molecule has 3 nitrogen and oxygen atoms in total. The lowest BCUT2D eigenvalue weighted by molar-refractivity contribution is 0.0439. The van der Waals surface area contributed by atoms with Crippen molar-refractivity contribution in [3.05, 3.63) is 64.7 Å². The van der Waals surface area contributed by atoms with E-state index >= 15 is 0 Å². The molecule has 2 aliphatic rings. The van der Waals surface area contributed by atoms with Gasteiger partial charge in [0.15, 0.2) is 11.6 Å². The number of ether oxygens (including phenoxy) is 1. The standard InChI is InChI=1S/C23H24F3NO2/c1-13-17(9-15(11-20(13)25)14-3-4-19(24)21(26)10-14)18-12-27-23(22(18)28)7-5-16(29-2)6-8-23/h3-4,9-11,16,27-28H,5-8,12H2,1-2H3. The molecule has 0 unspecified atom stereocenters. The molecule has 0 amide bonds. The van der Waals surface area contributed by atoms with E-state index in [1.54, 1.807) is 20.1 Å². The summed E-state index contributed by atoms with van der Waals surface area (Å²) in [5.41, 5.74) is 1.96.